The smallest absolute Gasteiger partial charge is 0.329 e. The number of nitriles is 1. The standard InChI is InChI=1S/C26H17BrClFN4O4/c27-18-9-15(10-19(28)24(18)37-14-17-6-2-1-5-16(17)12-30)11-22-25(35)33(26(36)32-22)13-23(34)31-21-8-4-3-7-20(21)29/h1-11H,13-14H2,(H,31,34)(H,32,36)/b22-11+. The van der Waals surface area contributed by atoms with Crippen LogP contribution in [0.3, 0.4) is 0 Å². The molecule has 0 spiro atoms. The molecule has 1 saturated heterocycles. The van der Waals surface area contributed by atoms with Gasteiger partial charge in [0.15, 0.2) is 5.75 Å². The second-order valence-electron chi connectivity index (χ2n) is 7.78. The van der Waals surface area contributed by atoms with E-state index >= 15 is 0 Å². The number of benzene rings is 3. The fourth-order valence-corrected chi connectivity index (χ4v) is 4.47. The minimum absolute atomic E-state index is 0.0618. The van der Waals surface area contributed by atoms with Crippen LogP contribution < -0.4 is 15.4 Å². The molecule has 186 valence electrons. The highest BCUT2D eigenvalue weighted by Crippen LogP contribution is 2.36. The third kappa shape index (κ3) is 5.97. The minimum atomic E-state index is -0.791. The molecule has 0 bridgehead atoms. The van der Waals surface area contributed by atoms with E-state index in [0.717, 1.165) is 0 Å². The van der Waals surface area contributed by atoms with Gasteiger partial charge < -0.3 is 15.4 Å². The molecule has 3 aromatic carbocycles. The second-order valence-corrected chi connectivity index (χ2v) is 9.04. The Bertz CT molecular complexity index is 1460. The number of nitrogens with one attached hydrogen (secondary N) is 2. The van der Waals surface area contributed by atoms with Crippen molar-refractivity contribution in [3.63, 3.8) is 0 Å². The van der Waals surface area contributed by atoms with Crippen molar-refractivity contribution >= 4 is 57.1 Å². The van der Waals surface area contributed by atoms with Gasteiger partial charge in [0.2, 0.25) is 5.91 Å². The topological polar surface area (TPSA) is 112 Å². The van der Waals surface area contributed by atoms with E-state index in [2.05, 4.69) is 32.6 Å². The first-order valence-corrected chi connectivity index (χ1v) is 11.9. The number of halogens is 3. The van der Waals surface area contributed by atoms with Gasteiger partial charge in [-0.25, -0.2) is 14.1 Å². The summed E-state index contributed by atoms with van der Waals surface area (Å²) in [7, 11) is 0. The van der Waals surface area contributed by atoms with Crippen LogP contribution in [0.2, 0.25) is 5.02 Å². The van der Waals surface area contributed by atoms with E-state index in [1.165, 1.54) is 36.4 Å². The monoisotopic (exact) mass is 582 g/mol. The molecule has 0 radical (unpaired) electrons. The summed E-state index contributed by atoms with van der Waals surface area (Å²) in [5, 5.41) is 14.2. The fraction of sp³-hybridized carbons (Fsp3) is 0.0769. The van der Waals surface area contributed by atoms with E-state index in [4.69, 9.17) is 16.3 Å². The third-order valence-electron chi connectivity index (χ3n) is 5.25. The molecule has 1 aliphatic rings. The Morgan fingerprint density at radius 3 is 2.65 bits per heavy atom. The molecule has 3 aromatic rings. The summed E-state index contributed by atoms with van der Waals surface area (Å²) in [4.78, 5) is 38.1. The van der Waals surface area contributed by atoms with Crippen molar-refractivity contribution in [1.82, 2.24) is 10.2 Å². The van der Waals surface area contributed by atoms with Crippen molar-refractivity contribution in [2.75, 3.05) is 11.9 Å². The average Bonchev–Trinajstić information content (AvgIpc) is 3.12. The Morgan fingerprint density at radius 2 is 1.92 bits per heavy atom. The highest BCUT2D eigenvalue weighted by Gasteiger charge is 2.35. The van der Waals surface area contributed by atoms with E-state index in [1.54, 1.807) is 30.3 Å². The zero-order valence-electron chi connectivity index (χ0n) is 18.9. The van der Waals surface area contributed by atoms with Gasteiger partial charge in [0, 0.05) is 5.56 Å². The van der Waals surface area contributed by atoms with Crippen LogP contribution in [0.1, 0.15) is 16.7 Å². The lowest BCUT2D eigenvalue weighted by atomic mass is 10.1. The number of rotatable bonds is 7. The van der Waals surface area contributed by atoms with Gasteiger partial charge in [-0.1, -0.05) is 41.9 Å². The van der Waals surface area contributed by atoms with Crippen molar-refractivity contribution in [2.45, 2.75) is 6.61 Å². The number of ether oxygens (including phenoxy) is 1. The molecule has 11 heteroatoms. The number of amides is 4. The van der Waals surface area contributed by atoms with Crippen molar-refractivity contribution in [3.05, 3.63) is 98.4 Å². The van der Waals surface area contributed by atoms with Crippen molar-refractivity contribution in [3.8, 4) is 11.8 Å². The van der Waals surface area contributed by atoms with Crippen molar-refractivity contribution in [2.24, 2.45) is 0 Å². The number of nitrogens with zero attached hydrogens (tertiary/aromatic N) is 2. The van der Waals surface area contributed by atoms with Gasteiger partial charge in [-0.05, 0) is 57.9 Å². The quantitative estimate of drug-likeness (QED) is 0.293. The lowest BCUT2D eigenvalue weighted by molar-refractivity contribution is -0.127. The zero-order chi connectivity index (χ0) is 26.5. The Hall–Kier alpha value is -4.20. The van der Waals surface area contributed by atoms with Crippen LogP contribution in [0.25, 0.3) is 6.08 Å². The van der Waals surface area contributed by atoms with Gasteiger partial charge in [-0.15, -0.1) is 0 Å². The van der Waals surface area contributed by atoms with Crippen molar-refractivity contribution < 1.29 is 23.5 Å². The molecular weight excluding hydrogens is 567 g/mol. The normalized spacial score (nSPS) is 13.9. The van der Waals surface area contributed by atoms with Crippen LogP contribution in [0.15, 0.2) is 70.8 Å². The molecule has 1 aliphatic heterocycles. The Balaban J connectivity index is 1.46. The van der Waals surface area contributed by atoms with Crippen LogP contribution >= 0.6 is 27.5 Å². The lowest BCUT2D eigenvalue weighted by Crippen LogP contribution is -2.38. The van der Waals surface area contributed by atoms with Crippen LogP contribution in [0.5, 0.6) is 5.75 Å². The van der Waals surface area contributed by atoms with Gasteiger partial charge in [-0.3, -0.25) is 9.59 Å². The molecular formula is C26H17BrClFN4O4. The molecule has 4 rings (SSSR count). The maximum atomic E-state index is 13.8. The summed E-state index contributed by atoms with van der Waals surface area (Å²) in [6.07, 6.45) is 1.40. The number of hydrogen-bond acceptors (Lipinski definition) is 5. The number of carbonyl (C=O) groups is 3. The summed E-state index contributed by atoms with van der Waals surface area (Å²) in [6, 6.07) is 17.0. The Morgan fingerprint density at radius 1 is 1.19 bits per heavy atom. The number of para-hydroxylation sites is 1. The van der Waals surface area contributed by atoms with Crippen LogP contribution in [-0.4, -0.2) is 29.3 Å². The summed E-state index contributed by atoms with van der Waals surface area (Å²) in [5.41, 5.74) is 1.52. The van der Waals surface area contributed by atoms with Gasteiger partial charge in [0.1, 0.15) is 24.7 Å². The van der Waals surface area contributed by atoms with E-state index in [-0.39, 0.29) is 23.0 Å². The molecule has 0 saturated carbocycles. The number of urea groups is 1. The first-order valence-electron chi connectivity index (χ1n) is 10.8. The average molecular weight is 584 g/mol. The van der Waals surface area contributed by atoms with E-state index in [9.17, 15) is 24.0 Å². The first kappa shape index (κ1) is 25.9. The molecule has 4 amide bonds. The van der Waals surface area contributed by atoms with E-state index < -0.39 is 30.2 Å². The van der Waals surface area contributed by atoms with Crippen LogP contribution in [-0.2, 0) is 16.2 Å². The van der Waals surface area contributed by atoms with Crippen molar-refractivity contribution in [1.29, 1.82) is 5.26 Å². The summed E-state index contributed by atoms with van der Waals surface area (Å²) in [5.74, 6) is -1.77. The van der Waals surface area contributed by atoms with Gasteiger partial charge in [0.25, 0.3) is 5.91 Å². The molecule has 1 fully saturated rings. The molecule has 8 nitrogen and oxygen atoms in total. The Kier molecular flexibility index (Phi) is 7.86. The summed E-state index contributed by atoms with van der Waals surface area (Å²) >= 11 is 9.79. The highest BCUT2D eigenvalue weighted by atomic mass is 79.9. The number of anilines is 1. The molecule has 0 atom stereocenters. The lowest BCUT2D eigenvalue weighted by Gasteiger charge is -2.12. The third-order valence-corrected chi connectivity index (χ3v) is 6.12. The second kappa shape index (κ2) is 11.2. The molecule has 2 N–H and O–H groups in total. The molecule has 0 unspecified atom stereocenters. The van der Waals surface area contributed by atoms with Gasteiger partial charge in [0.05, 0.1) is 26.8 Å². The van der Waals surface area contributed by atoms with Crippen LogP contribution in [0, 0.1) is 17.1 Å². The number of imide groups is 1. The minimum Gasteiger partial charge on any atom is -0.486 e. The maximum Gasteiger partial charge on any atom is 0.329 e. The van der Waals surface area contributed by atoms with E-state index in [0.29, 0.717) is 31.8 Å². The number of hydrogen-bond donors (Lipinski definition) is 2. The maximum absolute atomic E-state index is 13.8. The fourth-order valence-electron chi connectivity index (χ4n) is 3.48. The predicted molar refractivity (Wildman–Crippen MR) is 138 cm³/mol. The largest absolute Gasteiger partial charge is 0.486 e. The van der Waals surface area contributed by atoms with Crippen LogP contribution in [0.4, 0.5) is 14.9 Å². The number of carbonyl (C=O) groups excluding carboxylic acids is 3. The molecule has 37 heavy (non-hydrogen) atoms. The van der Waals surface area contributed by atoms with Gasteiger partial charge in [-0.2, -0.15) is 5.26 Å². The summed E-state index contributed by atoms with van der Waals surface area (Å²) < 4.78 is 20.1. The molecule has 0 aliphatic carbocycles. The Labute approximate surface area is 224 Å². The zero-order valence-corrected chi connectivity index (χ0v) is 21.3. The highest BCUT2D eigenvalue weighted by molar-refractivity contribution is 9.10. The predicted octanol–water partition coefficient (Wildman–Crippen LogP) is 5.22. The summed E-state index contributed by atoms with van der Waals surface area (Å²) in [6.45, 7) is -0.487. The van der Waals surface area contributed by atoms with E-state index in [1.807, 2.05) is 0 Å². The molecule has 1 heterocycles. The SMILES string of the molecule is N#Cc1ccccc1COc1c(Cl)cc(/C=C2/NC(=O)N(CC(=O)Nc3ccccc3F)C2=O)cc1Br. The van der Waals surface area contributed by atoms with Gasteiger partial charge >= 0.3 is 6.03 Å². The molecule has 0 aromatic heterocycles. The first-order chi connectivity index (χ1) is 17.8.